The van der Waals surface area contributed by atoms with Gasteiger partial charge in [0.25, 0.3) is 0 Å². The van der Waals surface area contributed by atoms with Crippen LogP contribution in [0.25, 0.3) is 0 Å². The number of hydrogen-bond acceptors (Lipinski definition) is 6. The number of anilines is 1. The molecule has 1 amide bonds. The molecule has 0 bridgehead atoms. The van der Waals surface area contributed by atoms with Crippen LogP contribution in [0.1, 0.15) is 33.1 Å². The van der Waals surface area contributed by atoms with E-state index in [1.54, 1.807) is 25.1 Å². The maximum Gasteiger partial charge on any atom is 0.240 e. The summed E-state index contributed by atoms with van der Waals surface area (Å²) in [5.41, 5.74) is 0.397. The summed E-state index contributed by atoms with van der Waals surface area (Å²) < 4.78 is 36.9. The number of piperidine rings is 1. The molecule has 2 aliphatic heterocycles. The van der Waals surface area contributed by atoms with Crippen molar-refractivity contribution >= 4 is 21.6 Å². The van der Waals surface area contributed by atoms with Gasteiger partial charge in [-0.2, -0.15) is 0 Å². The van der Waals surface area contributed by atoms with Crippen molar-refractivity contribution in [3.63, 3.8) is 0 Å². The number of fused-ring (bicyclic) bond motifs is 1. The largest absolute Gasteiger partial charge is 0.454 e. The molecule has 0 unspecified atom stereocenters. The van der Waals surface area contributed by atoms with Crippen molar-refractivity contribution in [3.05, 3.63) is 18.2 Å². The lowest BCUT2D eigenvalue weighted by atomic mass is 9.99. The molecule has 0 spiro atoms. The highest BCUT2D eigenvalue weighted by atomic mass is 32.2. The number of nitrogens with one attached hydrogen (secondary N) is 1. The number of hydrogen-bond donors (Lipinski definition) is 1. The molecule has 29 heavy (non-hydrogen) atoms. The molecule has 9 heteroatoms. The van der Waals surface area contributed by atoms with Crippen LogP contribution in [0.4, 0.5) is 5.69 Å². The van der Waals surface area contributed by atoms with E-state index in [1.807, 2.05) is 0 Å². The molecule has 0 aliphatic carbocycles. The molecule has 1 aromatic rings. The monoisotopic (exact) mass is 425 g/mol. The summed E-state index contributed by atoms with van der Waals surface area (Å²) in [7, 11) is -3.61. The van der Waals surface area contributed by atoms with E-state index in [9.17, 15) is 13.2 Å². The Morgan fingerprint density at radius 2 is 1.97 bits per heavy atom. The highest BCUT2D eigenvalue weighted by Gasteiger charge is 2.25. The van der Waals surface area contributed by atoms with E-state index in [2.05, 4.69) is 17.1 Å². The number of likely N-dealkylation sites (tertiary alicyclic amines) is 1. The van der Waals surface area contributed by atoms with E-state index in [0.29, 0.717) is 23.7 Å². The summed E-state index contributed by atoms with van der Waals surface area (Å²) in [6.45, 7) is 7.41. The van der Waals surface area contributed by atoms with Crippen molar-refractivity contribution in [3.8, 4) is 11.5 Å². The Hall–Kier alpha value is -2.00. The number of benzene rings is 1. The van der Waals surface area contributed by atoms with Gasteiger partial charge in [0.05, 0.1) is 11.4 Å². The first-order valence-corrected chi connectivity index (χ1v) is 11.9. The maximum absolute atomic E-state index is 12.6. The second-order valence-electron chi connectivity index (χ2n) is 7.67. The normalized spacial score (nSPS) is 17.3. The number of ether oxygens (including phenoxy) is 2. The van der Waals surface area contributed by atoms with E-state index in [1.165, 1.54) is 12.8 Å². The molecule has 2 aliphatic rings. The van der Waals surface area contributed by atoms with Crippen LogP contribution in [0.3, 0.4) is 0 Å². The van der Waals surface area contributed by atoms with Gasteiger partial charge >= 0.3 is 0 Å². The molecule has 8 nitrogen and oxygen atoms in total. The Kier molecular flexibility index (Phi) is 7.23. The second-order valence-corrected chi connectivity index (χ2v) is 9.85. The molecule has 1 aromatic carbocycles. The molecule has 1 N–H and O–H groups in total. The van der Waals surface area contributed by atoms with Crippen LogP contribution < -0.4 is 19.1 Å². The average Bonchev–Trinajstić information content (AvgIpc) is 3.18. The highest BCUT2D eigenvalue weighted by Crippen LogP contribution is 2.36. The van der Waals surface area contributed by atoms with Crippen molar-refractivity contribution in [1.82, 2.24) is 10.2 Å². The lowest BCUT2D eigenvalue weighted by Gasteiger charge is -2.30. The quantitative estimate of drug-likeness (QED) is 0.607. The van der Waals surface area contributed by atoms with E-state index in [0.717, 1.165) is 36.3 Å². The van der Waals surface area contributed by atoms with Crippen LogP contribution in [0.5, 0.6) is 11.5 Å². The van der Waals surface area contributed by atoms with Gasteiger partial charge in [-0.1, -0.05) is 6.92 Å². The summed E-state index contributed by atoms with van der Waals surface area (Å²) in [6.07, 6.45) is 3.31. The fourth-order valence-corrected chi connectivity index (χ4v) is 4.61. The summed E-state index contributed by atoms with van der Waals surface area (Å²) in [4.78, 5) is 14.9. The van der Waals surface area contributed by atoms with Crippen molar-refractivity contribution in [1.29, 1.82) is 0 Å². The first-order valence-electron chi connectivity index (χ1n) is 10.3. The number of amides is 1. The SMILES string of the molecule is CCS(=O)(=O)N(CC(=O)NCCCN1CCC(C)CC1)c1ccc2c(c1)OCO2. The third-order valence-corrected chi connectivity index (χ3v) is 7.22. The van der Waals surface area contributed by atoms with Gasteiger partial charge < -0.3 is 19.7 Å². The summed E-state index contributed by atoms with van der Waals surface area (Å²) in [6, 6.07) is 4.89. The molecule has 2 heterocycles. The lowest BCUT2D eigenvalue weighted by Crippen LogP contribution is -2.42. The highest BCUT2D eigenvalue weighted by molar-refractivity contribution is 7.92. The zero-order valence-electron chi connectivity index (χ0n) is 17.2. The van der Waals surface area contributed by atoms with Gasteiger partial charge in [-0.3, -0.25) is 9.10 Å². The first-order chi connectivity index (χ1) is 13.9. The third kappa shape index (κ3) is 5.76. The van der Waals surface area contributed by atoms with Gasteiger partial charge in [0, 0.05) is 12.6 Å². The van der Waals surface area contributed by atoms with Crippen LogP contribution in [-0.2, 0) is 14.8 Å². The number of carbonyl (C=O) groups is 1. The van der Waals surface area contributed by atoms with Gasteiger partial charge in [-0.15, -0.1) is 0 Å². The van der Waals surface area contributed by atoms with Crippen LogP contribution in [0, 0.1) is 5.92 Å². The molecular weight excluding hydrogens is 394 g/mol. The average molecular weight is 426 g/mol. The summed E-state index contributed by atoms with van der Waals surface area (Å²) >= 11 is 0. The maximum atomic E-state index is 12.6. The summed E-state index contributed by atoms with van der Waals surface area (Å²) in [5, 5.41) is 2.85. The van der Waals surface area contributed by atoms with Crippen molar-refractivity contribution in [2.24, 2.45) is 5.92 Å². The molecule has 0 aromatic heterocycles. The Labute approximate surface area is 173 Å². The zero-order chi connectivity index (χ0) is 20.9. The topological polar surface area (TPSA) is 88.2 Å². The molecule has 3 rings (SSSR count). The molecule has 0 saturated carbocycles. The Balaban J connectivity index is 1.53. The van der Waals surface area contributed by atoms with Gasteiger partial charge in [0.15, 0.2) is 11.5 Å². The van der Waals surface area contributed by atoms with Crippen LogP contribution in [0.15, 0.2) is 18.2 Å². The van der Waals surface area contributed by atoms with Gasteiger partial charge in [-0.05, 0) is 63.9 Å². The van der Waals surface area contributed by atoms with E-state index in [4.69, 9.17) is 9.47 Å². The summed E-state index contributed by atoms with van der Waals surface area (Å²) in [5.74, 6) is 1.44. The van der Waals surface area contributed by atoms with E-state index >= 15 is 0 Å². The Morgan fingerprint density at radius 3 is 2.69 bits per heavy atom. The molecule has 0 radical (unpaired) electrons. The number of sulfonamides is 1. The fraction of sp³-hybridized carbons (Fsp3) is 0.650. The first kappa shape index (κ1) is 21.7. The van der Waals surface area contributed by atoms with Gasteiger partial charge in [0.2, 0.25) is 22.7 Å². The number of carbonyl (C=O) groups excluding carboxylic acids is 1. The minimum atomic E-state index is -3.61. The second kappa shape index (κ2) is 9.67. The minimum Gasteiger partial charge on any atom is -0.454 e. The smallest absolute Gasteiger partial charge is 0.240 e. The van der Waals surface area contributed by atoms with Crippen LogP contribution >= 0.6 is 0 Å². The zero-order valence-corrected chi connectivity index (χ0v) is 18.0. The standard InChI is InChI=1S/C20H31N3O5S/c1-3-29(25,26)23(17-5-6-18-19(13-17)28-15-27-18)14-20(24)21-9-4-10-22-11-7-16(2)8-12-22/h5-6,13,16H,3-4,7-12,14-15H2,1-2H3,(H,21,24). The molecule has 0 atom stereocenters. The van der Waals surface area contributed by atoms with Gasteiger partial charge in [-0.25, -0.2) is 8.42 Å². The predicted molar refractivity (Wildman–Crippen MR) is 112 cm³/mol. The predicted octanol–water partition coefficient (Wildman–Crippen LogP) is 1.81. The Bertz CT molecular complexity index is 806. The van der Waals surface area contributed by atoms with Crippen LogP contribution in [0.2, 0.25) is 0 Å². The third-order valence-electron chi connectivity index (χ3n) is 5.48. The lowest BCUT2D eigenvalue weighted by molar-refractivity contribution is -0.119. The molecular formula is C20H31N3O5S. The fourth-order valence-electron chi connectivity index (χ4n) is 3.55. The van der Waals surface area contributed by atoms with Gasteiger partial charge in [0.1, 0.15) is 6.54 Å². The molecule has 1 saturated heterocycles. The molecule has 1 fully saturated rings. The minimum absolute atomic E-state index is 0.0951. The van der Waals surface area contributed by atoms with Crippen LogP contribution in [-0.4, -0.2) is 64.5 Å². The van der Waals surface area contributed by atoms with E-state index < -0.39 is 10.0 Å². The molecule has 162 valence electrons. The van der Waals surface area contributed by atoms with Crippen molar-refractivity contribution in [2.45, 2.75) is 33.1 Å². The number of rotatable bonds is 9. The Morgan fingerprint density at radius 1 is 1.24 bits per heavy atom. The van der Waals surface area contributed by atoms with Crippen molar-refractivity contribution < 1.29 is 22.7 Å². The number of nitrogens with zero attached hydrogens (tertiary/aromatic N) is 2. The van der Waals surface area contributed by atoms with E-state index in [-0.39, 0.29) is 25.0 Å². The van der Waals surface area contributed by atoms with Crippen molar-refractivity contribution in [2.75, 3.05) is 49.6 Å².